The zero-order valence-electron chi connectivity index (χ0n) is 16.6. The van der Waals surface area contributed by atoms with Crippen molar-refractivity contribution in [3.05, 3.63) is 64.9 Å². The molecule has 0 unspecified atom stereocenters. The molecule has 0 saturated heterocycles. The summed E-state index contributed by atoms with van der Waals surface area (Å²) in [7, 11) is 3.21. The van der Waals surface area contributed by atoms with Crippen molar-refractivity contribution in [2.24, 2.45) is 0 Å². The molecule has 1 aromatic heterocycles. The smallest absolute Gasteiger partial charge is 0.328 e. The van der Waals surface area contributed by atoms with Crippen LogP contribution in [0.1, 0.15) is 15.9 Å². The predicted molar refractivity (Wildman–Crippen MR) is 117 cm³/mol. The van der Waals surface area contributed by atoms with E-state index in [1.54, 1.807) is 49.5 Å². The van der Waals surface area contributed by atoms with Gasteiger partial charge in [-0.1, -0.05) is 17.7 Å². The normalized spacial score (nSPS) is 10.3. The number of hydrogen-bond donors (Lipinski definition) is 3. The Kier molecular flexibility index (Phi) is 6.43. The minimum Gasteiger partial charge on any atom is -0.357 e. The Bertz CT molecular complexity index is 1070. The Morgan fingerprint density at radius 1 is 1.03 bits per heavy atom. The number of nitrogens with zero attached hydrogens (tertiary/aromatic N) is 4. The maximum Gasteiger partial charge on any atom is 0.328 e. The fourth-order valence-corrected chi connectivity index (χ4v) is 2.62. The monoisotopic (exact) mass is 425 g/mol. The molecule has 0 aliphatic heterocycles. The maximum atomic E-state index is 12.6. The van der Waals surface area contributed by atoms with Gasteiger partial charge in [-0.2, -0.15) is 4.98 Å². The Morgan fingerprint density at radius 3 is 2.47 bits per heavy atom. The van der Waals surface area contributed by atoms with Crippen LogP contribution in [0.4, 0.5) is 28.1 Å². The number of aryl methyl sites for hydroxylation is 1. The van der Waals surface area contributed by atoms with E-state index < -0.39 is 6.03 Å². The van der Waals surface area contributed by atoms with E-state index in [4.69, 9.17) is 11.6 Å². The molecule has 30 heavy (non-hydrogen) atoms. The molecule has 0 radical (unpaired) electrons. The number of carbonyl (C=O) groups excluding carboxylic acids is 2. The largest absolute Gasteiger partial charge is 0.357 e. The summed E-state index contributed by atoms with van der Waals surface area (Å²) < 4.78 is 0. The third-order valence-electron chi connectivity index (χ3n) is 4.23. The molecular weight excluding hydrogens is 406 g/mol. The summed E-state index contributed by atoms with van der Waals surface area (Å²) >= 11 is 5.87. The van der Waals surface area contributed by atoms with Gasteiger partial charge in [0.25, 0.3) is 5.91 Å². The molecule has 3 amide bonds. The second kappa shape index (κ2) is 9.19. The van der Waals surface area contributed by atoms with Crippen molar-refractivity contribution in [2.45, 2.75) is 6.92 Å². The topological polar surface area (TPSA) is 112 Å². The van der Waals surface area contributed by atoms with E-state index in [-0.39, 0.29) is 11.9 Å². The molecule has 9 nitrogen and oxygen atoms in total. The van der Waals surface area contributed by atoms with E-state index in [0.717, 1.165) is 5.56 Å². The van der Waals surface area contributed by atoms with Gasteiger partial charge in [0, 0.05) is 36.1 Å². The van der Waals surface area contributed by atoms with Gasteiger partial charge in [0.1, 0.15) is 6.33 Å². The highest BCUT2D eigenvalue weighted by molar-refractivity contribution is 6.30. The van der Waals surface area contributed by atoms with Crippen LogP contribution >= 0.6 is 11.6 Å². The van der Waals surface area contributed by atoms with Crippen LogP contribution in [0.3, 0.4) is 0 Å². The van der Waals surface area contributed by atoms with Gasteiger partial charge in [-0.3, -0.25) is 9.69 Å². The Labute approximate surface area is 178 Å². The lowest BCUT2D eigenvalue weighted by Crippen LogP contribution is -2.33. The number of rotatable bonds is 5. The van der Waals surface area contributed by atoms with Crippen LogP contribution in [-0.2, 0) is 0 Å². The second-order valence-electron chi connectivity index (χ2n) is 6.34. The first-order valence-corrected chi connectivity index (χ1v) is 9.34. The van der Waals surface area contributed by atoms with Gasteiger partial charge in [0.2, 0.25) is 11.9 Å². The summed E-state index contributed by atoms with van der Waals surface area (Å²) in [5, 5.41) is 8.94. The van der Waals surface area contributed by atoms with Gasteiger partial charge >= 0.3 is 6.03 Å². The number of anilines is 4. The van der Waals surface area contributed by atoms with Crippen LogP contribution in [0.15, 0.2) is 48.8 Å². The molecule has 0 bridgehead atoms. The first kappa shape index (κ1) is 21.0. The number of carbonyl (C=O) groups is 2. The highest BCUT2D eigenvalue weighted by Crippen LogP contribution is 2.20. The van der Waals surface area contributed by atoms with E-state index in [9.17, 15) is 9.59 Å². The lowest BCUT2D eigenvalue weighted by molar-refractivity contribution is 0.102. The van der Waals surface area contributed by atoms with Gasteiger partial charge in [-0.25, -0.2) is 14.8 Å². The maximum absolute atomic E-state index is 12.6. The number of urea groups is 1. The van der Waals surface area contributed by atoms with Gasteiger partial charge in [0.05, 0.1) is 0 Å². The lowest BCUT2D eigenvalue weighted by Gasteiger charge is -2.17. The molecule has 3 aromatic rings. The molecule has 10 heteroatoms. The minimum absolute atomic E-state index is 0.182. The number of nitrogens with one attached hydrogen (secondary N) is 3. The van der Waals surface area contributed by atoms with Crippen molar-refractivity contribution < 1.29 is 9.59 Å². The summed E-state index contributed by atoms with van der Waals surface area (Å²) in [6.07, 6.45) is 1.31. The first-order chi connectivity index (χ1) is 14.4. The van der Waals surface area contributed by atoms with Crippen LogP contribution in [0.25, 0.3) is 0 Å². The van der Waals surface area contributed by atoms with Gasteiger partial charge in [0.15, 0.2) is 0 Å². The molecule has 0 saturated carbocycles. The quantitative estimate of drug-likeness (QED) is 0.573. The Balaban J connectivity index is 1.75. The molecule has 0 aliphatic rings. The van der Waals surface area contributed by atoms with Gasteiger partial charge in [-0.15, -0.1) is 0 Å². The number of benzene rings is 2. The molecular formula is C20H20ClN7O2. The van der Waals surface area contributed by atoms with E-state index >= 15 is 0 Å². The second-order valence-corrected chi connectivity index (χ2v) is 6.78. The molecule has 154 valence electrons. The number of aromatic nitrogens is 3. The third kappa shape index (κ3) is 5.00. The molecule has 0 spiro atoms. The molecule has 0 aliphatic carbocycles. The molecule has 2 aromatic carbocycles. The van der Waals surface area contributed by atoms with Crippen molar-refractivity contribution in [1.82, 2.24) is 15.0 Å². The number of halogens is 1. The van der Waals surface area contributed by atoms with Crippen LogP contribution in [-0.4, -0.2) is 41.0 Å². The van der Waals surface area contributed by atoms with Crippen molar-refractivity contribution in [3.63, 3.8) is 0 Å². The van der Waals surface area contributed by atoms with Crippen molar-refractivity contribution in [2.75, 3.05) is 34.9 Å². The van der Waals surface area contributed by atoms with Crippen LogP contribution in [0.5, 0.6) is 0 Å². The van der Waals surface area contributed by atoms with Gasteiger partial charge in [-0.05, 0) is 48.9 Å². The van der Waals surface area contributed by atoms with Crippen molar-refractivity contribution in [1.29, 1.82) is 0 Å². The lowest BCUT2D eigenvalue weighted by atomic mass is 10.1. The SMILES string of the molecule is CNc1ncnc(N(C)C(=O)Nc2cc(C(=O)Nc3ccc(Cl)cc3)ccc2C)n1. The predicted octanol–water partition coefficient (Wildman–Crippen LogP) is 3.80. The summed E-state index contributed by atoms with van der Waals surface area (Å²) in [5.41, 5.74) is 2.31. The van der Waals surface area contributed by atoms with Crippen LogP contribution in [0.2, 0.25) is 5.02 Å². The van der Waals surface area contributed by atoms with E-state index in [1.165, 1.54) is 18.3 Å². The molecule has 0 atom stereocenters. The summed E-state index contributed by atoms with van der Waals surface area (Å²) in [6.45, 7) is 1.83. The fourth-order valence-electron chi connectivity index (χ4n) is 2.49. The number of hydrogen-bond acceptors (Lipinski definition) is 6. The average Bonchev–Trinajstić information content (AvgIpc) is 2.76. The van der Waals surface area contributed by atoms with Gasteiger partial charge < -0.3 is 16.0 Å². The van der Waals surface area contributed by atoms with Crippen molar-refractivity contribution in [3.8, 4) is 0 Å². The average molecular weight is 426 g/mol. The first-order valence-electron chi connectivity index (χ1n) is 8.96. The third-order valence-corrected chi connectivity index (χ3v) is 4.48. The highest BCUT2D eigenvalue weighted by Gasteiger charge is 2.16. The standard InChI is InChI=1S/C20H20ClN7O2/c1-12-4-5-13(17(29)25-15-8-6-14(21)7-9-15)10-16(12)26-20(30)28(3)19-24-11-23-18(22-2)27-19/h4-11H,1-3H3,(H,25,29)(H,26,30)(H,22,23,24,27). The van der Waals surface area contributed by atoms with E-state index in [2.05, 4.69) is 30.9 Å². The zero-order chi connectivity index (χ0) is 21.7. The summed E-state index contributed by atoms with van der Waals surface area (Å²) in [6, 6.07) is 11.4. The van der Waals surface area contributed by atoms with E-state index in [0.29, 0.717) is 27.9 Å². The van der Waals surface area contributed by atoms with Crippen LogP contribution < -0.4 is 20.9 Å². The fraction of sp³-hybridized carbons (Fsp3) is 0.150. The molecule has 0 fully saturated rings. The summed E-state index contributed by atoms with van der Waals surface area (Å²) in [5.74, 6) is 0.218. The molecule has 1 heterocycles. The molecule has 3 rings (SSSR count). The zero-order valence-corrected chi connectivity index (χ0v) is 17.4. The Hall–Kier alpha value is -3.72. The van der Waals surface area contributed by atoms with Crippen molar-refractivity contribution >= 4 is 46.8 Å². The molecule has 3 N–H and O–H groups in total. The summed E-state index contributed by atoms with van der Waals surface area (Å²) in [4.78, 5) is 38.5. The van der Waals surface area contributed by atoms with Crippen LogP contribution in [0, 0.1) is 6.92 Å². The number of amides is 3. The highest BCUT2D eigenvalue weighted by atomic mass is 35.5. The van der Waals surface area contributed by atoms with E-state index in [1.807, 2.05) is 6.92 Å². The Morgan fingerprint density at radius 2 is 1.77 bits per heavy atom. The minimum atomic E-state index is -0.457.